The van der Waals surface area contributed by atoms with Gasteiger partial charge in [-0.1, -0.05) is 91.0 Å². The van der Waals surface area contributed by atoms with Crippen LogP contribution in [0.15, 0.2) is 134 Å². The third kappa shape index (κ3) is 4.88. The molecule has 0 amide bonds. The van der Waals surface area contributed by atoms with E-state index in [1.807, 2.05) is 30.6 Å². The maximum atomic E-state index is 4.73. The number of nitrogens with zero attached hydrogens (tertiary/aromatic N) is 2. The maximum Gasteiger partial charge on any atom is 0.123 e. The lowest BCUT2D eigenvalue weighted by Crippen LogP contribution is -1.93. The summed E-state index contributed by atoms with van der Waals surface area (Å²) in [5, 5.41) is 1.04. The van der Waals surface area contributed by atoms with Gasteiger partial charge in [0.2, 0.25) is 0 Å². The van der Waals surface area contributed by atoms with Crippen LogP contribution in [0.3, 0.4) is 0 Å². The number of hydrogen-bond acceptors (Lipinski definition) is 3. The maximum absolute atomic E-state index is 4.73. The fourth-order valence-corrected chi connectivity index (χ4v) is 5.38. The van der Waals surface area contributed by atoms with Crippen LogP contribution < -0.4 is 0 Å². The van der Waals surface area contributed by atoms with Crippen LogP contribution in [0.1, 0.15) is 11.1 Å². The third-order valence-electron chi connectivity index (χ3n) is 6.21. The first kappa shape index (κ1) is 22.1. The molecule has 0 atom stereocenters. The van der Waals surface area contributed by atoms with Crippen LogP contribution in [0, 0.1) is 0 Å². The molecule has 0 saturated heterocycles. The molecule has 172 valence electrons. The van der Waals surface area contributed by atoms with Crippen molar-refractivity contribution in [2.75, 3.05) is 0 Å². The largest absolute Gasteiger partial charge is 0.256 e. The quantitative estimate of drug-likeness (QED) is 0.238. The van der Waals surface area contributed by atoms with Crippen LogP contribution in [-0.4, -0.2) is 9.97 Å². The fourth-order valence-electron chi connectivity index (χ4n) is 4.47. The van der Waals surface area contributed by atoms with Crippen molar-refractivity contribution in [2.45, 2.75) is 6.42 Å². The standard InChI is InChI=1S/C33H24N2S/c1-3-11-26(12-4-1)29-20-25(21-30(22-29)31-16-7-8-17-34-31)18-24-10-9-15-28(19-24)33-35-23-32(36-33)27-13-5-2-6-14-27/h1-17,19-23H,18H2. The molecule has 2 heterocycles. The first-order valence-corrected chi connectivity index (χ1v) is 12.8. The molecule has 0 unspecified atom stereocenters. The molecule has 2 aromatic heterocycles. The van der Waals surface area contributed by atoms with Gasteiger partial charge >= 0.3 is 0 Å². The van der Waals surface area contributed by atoms with Gasteiger partial charge in [0, 0.05) is 23.5 Å². The summed E-state index contributed by atoms with van der Waals surface area (Å²) >= 11 is 1.73. The summed E-state index contributed by atoms with van der Waals surface area (Å²) in [7, 11) is 0. The van der Waals surface area contributed by atoms with Crippen molar-refractivity contribution in [1.29, 1.82) is 0 Å². The molecule has 0 aliphatic carbocycles. The van der Waals surface area contributed by atoms with Crippen molar-refractivity contribution in [1.82, 2.24) is 9.97 Å². The Morgan fingerprint density at radius 1 is 0.500 bits per heavy atom. The smallest absolute Gasteiger partial charge is 0.123 e. The summed E-state index contributed by atoms with van der Waals surface area (Å²) in [6.07, 6.45) is 4.67. The van der Waals surface area contributed by atoms with E-state index in [1.54, 1.807) is 11.3 Å². The molecule has 0 bridgehead atoms. The molecule has 36 heavy (non-hydrogen) atoms. The molecule has 3 heteroatoms. The lowest BCUT2D eigenvalue weighted by Gasteiger charge is -2.11. The van der Waals surface area contributed by atoms with E-state index in [0.29, 0.717) is 0 Å². The van der Waals surface area contributed by atoms with Gasteiger partial charge in [-0.3, -0.25) is 4.98 Å². The second kappa shape index (κ2) is 10.1. The highest BCUT2D eigenvalue weighted by Gasteiger charge is 2.10. The van der Waals surface area contributed by atoms with Gasteiger partial charge in [-0.05, 0) is 64.6 Å². The average molecular weight is 481 g/mol. The summed E-state index contributed by atoms with van der Waals surface area (Å²) in [5.41, 5.74) is 9.43. The minimum Gasteiger partial charge on any atom is -0.256 e. The Bertz CT molecular complexity index is 1530. The Morgan fingerprint density at radius 2 is 1.19 bits per heavy atom. The zero-order valence-corrected chi connectivity index (χ0v) is 20.5. The Kier molecular flexibility index (Phi) is 6.22. The van der Waals surface area contributed by atoms with Crippen molar-refractivity contribution < 1.29 is 0 Å². The van der Waals surface area contributed by atoms with Gasteiger partial charge in [-0.2, -0.15) is 0 Å². The molecule has 0 spiro atoms. The van der Waals surface area contributed by atoms with Crippen molar-refractivity contribution >= 4 is 11.3 Å². The predicted octanol–water partition coefficient (Wildman–Crippen LogP) is 8.80. The van der Waals surface area contributed by atoms with Gasteiger partial charge < -0.3 is 0 Å². The highest BCUT2D eigenvalue weighted by Crippen LogP contribution is 2.33. The van der Waals surface area contributed by atoms with Gasteiger partial charge in [0.1, 0.15) is 5.01 Å². The molecule has 0 aliphatic rings. The number of pyridine rings is 1. The van der Waals surface area contributed by atoms with Crippen molar-refractivity contribution in [3.63, 3.8) is 0 Å². The number of aromatic nitrogens is 2. The molecule has 2 nitrogen and oxygen atoms in total. The topological polar surface area (TPSA) is 25.8 Å². The highest BCUT2D eigenvalue weighted by atomic mass is 32.1. The van der Waals surface area contributed by atoms with E-state index in [4.69, 9.17) is 4.98 Å². The molecule has 0 aliphatic heterocycles. The fraction of sp³-hybridized carbons (Fsp3) is 0.0303. The third-order valence-corrected chi connectivity index (χ3v) is 7.30. The minimum atomic E-state index is 0.839. The molecule has 6 aromatic rings. The molecule has 0 radical (unpaired) electrons. The predicted molar refractivity (Wildman–Crippen MR) is 151 cm³/mol. The Hall–Kier alpha value is -4.34. The van der Waals surface area contributed by atoms with Gasteiger partial charge in [-0.15, -0.1) is 11.3 Å². The molecule has 6 rings (SSSR count). The highest BCUT2D eigenvalue weighted by molar-refractivity contribution is 7.18. The Morgan fingerprint density at radius 3 is 1.97 bits per heavy atom. The lowest BCUT2D eigenvalue weighted by atomic mass is 9.94. The van der Waals surface area contributed by atoms with E-state index in [0.717, 1.165) is 28.2 Å². The normalized spacial score (nSPS) is 10.9. The molecular weight excluding hydrogens is 456 g/mol. The second-order valence-electron chi connectivity index (χ2n) is 8.77. The summed E-state index contributed by atoms with van der Waals surface area (Å²) in [6.45, 7) is 0. The number of thiazole rings is 1. The van der Waals surface area contributed by atoms with Crippen LogP contribution >= 0.6 is 11.3 Å². The summed E-state index contributed by atoms with van der Waals surface area (Å²) in [5.74, 6) is 0. The lowest BCUT2D eigenvalue weighted by molar-refractivity contribution is 1.19. The van der Waals surface area contributed by atoms with Gasteiger partial charge in [0.25, 0.3) is 0 Å². The van der Waals surface area contributed by atoms with E-state index in [2.05, 4.69) is 108 Å². The van der Waals surface area contributed by atoms with Crippen LogP contribution in [0.5, 0.6) is 0 Å². The van der Waals surface area contributed by atoms with Gasteiger partial charge in [0.05, 0.1) is 10.6 Å². The Labute approximate surface area is 215 Å². The summed E-state index contributed by atoms with van der Waals surface area (Å²) in [4.78, 5) is 10.5. The Balaban J connectivity index is 1.34. The van der Waals surface area contributed by atoms with Crippen molar-refractivity contribution in [3.8, 4) is 43.4 Å². The first-order valence-electron chi connectivity index (χ1n) is 12.0. The second-order valence-corrected chi connectivity index (χ2v) is 9.80. The molecule has 4 aromatic carbocycles. The van der Waals surface area contributed by atoms with Crippen molar-refractivity contribution in [2.24, 2.45) is 0 Å². The van der Waals surface area contributed by atoms with Crippen molar-refractivity contribution in [3.05, 3.63) is 145 Å². The average Bonchev–Trinajstić information content (AvgIpc) is 3.45. The monoisotopic (exact) mass is 480 g/mol. The first-order chi connectivity index (χ1) is 17.8. The zero-order chi connectivity index (χ0) is 24.2. The summed E-state index contributed by atoms with van der Waals surface area (Å²) in [6, 6.07) is 42.6. The van der Waals surface area contributed by atoms with E-state index in [-0.39, 0.29) is 0 Å². The summed E-state index contributed by atoms with van der Waals surface area (Å²) < 4.78 is 0. The zero-order valence-electron chi connectivity index (χ0n) is 19.7. The number of hydrogen-bond donors (Lipinski definition) is 0. The van der Waals surface area contributed by atoms with Crippen LogP contribution in [0.4, 0.5) is 0 Å². The van der Waals surface area contributed by atoms with Gasteiger partial charge in [-0.25, -0.2) is 4.98 Å². The van der Waals surface area contributed by atoms with Crippen LogP contribution in [0.25, 0.3) is 43.4 Å². The molecular formula is C33H24N2S. The van der Waals surface area contributed by atoms with Crippen LogP contribution in [0.2, 0.25) is 0 Å². The van der Waals surface area contributed by atoms with E-state index in [9.17, 15) is 0 Å². The molecule has 0 N–H and O–H groups in total. The number of benzene rings is 4. The molecule has 0 saturated carbocycles. The van der Waals surface area contributed by atoms with E-state index < -0.39 is 0 Å². The van der Waals surface area contributed by atoms with E-state index >= 15 is 0 Å². The molecule has 0 fully saturated rings. The minimum absolute atomic E-state index is 0.839. The SMILES string of the molecule is c1ccc(-c2cc(Cc3cccc(-c4ncc(-c5ccccc5)s4)c3)cc(-c3ccccn3)c2)cc1. The van der Waals surface area contributed by atoms with Crippen LogP contribution in [-0.2, 0) is 6.42 Å². The number of rotatable bonds is 6. The van der Waals surface area contributed by atoms with Gasteiger partial charge in [0.15, 0.2) is 0 Å². The van der Waals surface area contributed by atoms with E-state index in [1.165, 1.54) is 32.7 Å².